The minimum absolute atomic E-state index is 0.125. The summed E-state index contributed by atoms with van der Waals surface area (Å²) < 4.78 is 4.69. The summed E-state index contributed by atoms with van der Waals surface area (Å²) in [4.78, 5) is 35.9. The van der Waals surface area contributed by atoms with Crippen LogP contribution in [0.3, 0.4) is 0 Å². The summed E-state index contributed by atoms with van der Waals surface area (Å²) in [5.74, 6) is -1.25. The minimum atomic E-state index is -0.751. The quantitative estimate of drug-likeness (QED) is 0.553. The van der Waals surface area contributed by atoms with E-state index in [1.165, 1.54) is 7.11 Å². The lowest BCUT2D eigenvalue weighted by Gasteiger charge is -2.25. The average molecular weight is 315 g/mol. The van der Waals surface area contributed by atoms with Crippen molar-refractivity contribution in [1.29, 1.82) is 0 Å². The molecule has 0 aromatic carbocycles. The molecule has 0 aromatic heterocycles. The van der Waals surface area contributed by atoms with Crippen molar-refractivity contribution in [2.45, 2.75) is 59.2 Å². The van der Waals surface area contributed by atoms with Gasteiger partial charge in [-0.15, -0.1) is 0 Å². The summed E-state index contributed by atoms with van der Waals surface area (Å²) in [6.45, 7) is 9.04. The molecule has 0 unspecified atom stereocenters. The van der Waals surface area contributed by atoms with Gasteiger partial charge in [-0.05, 0) is 25.2 Å². The second-order valence-corrected chi connectivity index (χ2v) is 6.23. The molecule has 0 heterocycles. The molecule has 0 aromatic rings. The van der Waals surface area contributed by atoms with Crippen LogP contribution in [0.25, 0.3) is 0 Å². The van der Waals surface area contributed by atoms with Gasteiger partial charge in [0, 0.05) is 0 Å². The van der Waals surface area contributed by atoms with Gasteiger partial charge in [0.1, 0.15) is 12.1 Å². The number of carbonyl (C=O) groups is 3. The molecule has 0 rings (SSSR count). The van der Waals surface area contributed by atoms with Crippen LogP contribution in [0, 0.1) is 11.8 Å². The zero-order valence-corrected chi connectivity index (χ0v) is 14.3. The third kappa shape index (κ3) is 6.89. The summed E-state index contributed by atoms with van der Waals surface area (Å²) in [7, 11) is 1.27. The standard InChI is InChI=1S/C15H29N3O4/c1-8(2)7-11(17-13(19)10(5)16)14(20)18-12(9(3)4)15(21)22-6/h8-12H,7,16H2,1-6H3,(H,17,19)(H,18,20)/t10-,11-,12-/m0/s1. The molecule has 0 saturated carbocycles. The van der Waals surface area contributed by atoms with Crippen LogP contribution in [0.5, 0.6) is 0 Å². The Morgan fingerprint density at radius 3 is 1.91 bits per heavy atom. The zero-order valence-electron chi connectivity index (χ0n) is 14.3. The molecule has 0 fully saturated rings. The Labute approximate surface area is 132 Å². The summed E-state index contributed by atoms with van der Waals surface area (Å²) in [5, 5.41) is 5.27. The van der Waals surface area contributed by atoms with E-state index in [9.17, 15) is 14.4 Å². The van der Waals surface area contributed by atoms with Gasteiger partial charge in [-0.1, -0.05) is 27.7 Å². The molecular formula is C15H29N3O4. The fraction of sp³-hybridized carbons (Fsp3) is 0.800. The molecule has 2 amide bonds. The van der Waals surface area contributed by atoms with Gasteiger partial charge in [-0.25, -0.2) is 4.79 Å². The molecular weight excluding hydrogens is 286 g/mol. The van der Waals surface area contributed by atoms with E-state index in [4.69, 9.17) is 10.5 Å². The van der Waals surface area contributed by atoms with Gasteiger partial charge in [0.05, 0.1) is 13.2 Å². The van der Waals surface area contributed by atoms with Gasteiger partial charge < -0.3 is 21.1 Å². The summed E-state index contributed by atoms with van der Waals surface area (Å²) >= 11 is 0. The van der Waals surface area contributed by atoms with Crippen molar-refractivity contribution >= 4 is 17.8 Å². The van der Waals surface area contributed by atoms with Crippen LogP contribution in [-0.2, 0) is 19.1 Å². The van der Waals surface area contributed by atoms with Crippen LogP contribution in [0.4, 0.5) is 0 Å². The van der Waals surface area contributed by atoms with Gasteiger partial charge in [-0.3, -0.25) is 9.59 Å². The SMILES string of the molecule is COC(=O)[C@@H](NC(=O)[C@H](CC(C)C)NC(=O)[C@H](C)N)C(C)C. The van der Waals surface area contributed by atoms with Crippen LogP contribution in [0.15, 0.2) is 0 Å². The maximum atomic E-state index is 12.4. The monoisotopic (exact) mass is 315 g/mol. The number of hydrogen-bond acceptors (Lipinski definition) is 5. The number of carbonyl (C=O) groups excluding carboxylic acids is 3. The molecule has 3 atom stereocenters. The molecule has 0 aliphatic carbocycles. The van der Waals surface area contributed by atoms with Gasteiger partial charge in [0.15, 0.2) is 0 Å². The number of rotatable bonds is 8. The van der Waals surface area contributed by atoms with Crippen LogP contribution < -0.4 is 16.4 Å². The van der Waals surface area contributed by atoms with E-state index in [2.05, 4.69) is 10.6 Å². The molecule has 7 nitrogen and oxygen atoms in total. The molecule has 0 spiro atoms. The molecule has 7 heteroatoms. The molecule has 0 aliphatic heterocycles. The van der Waals surface area contributed by atoms with Gasteiger partial charge >= 0.3 is 5.97 Å². The van der Waals surface area contributed by atoms with Crippen molar-refractivity contribution in [3.05, 3.63) is 0 Å². The van der Waals surface area contributed by atoms with Crippen molar-refractivity contribution < 1.29 is 19.1 Å². The fourth-order valence-corrected chi connectivity index (χ4v) is 1.88. The Morgan fingerprint density at radius 1 is 1.00 bits per heavy atom. The second kappa shape index (κ2) is 9.40. The number of nitrogens with one attached hydrogen (secondary N) is 2. The molecule has 4 N–H and O–H groups in total. The predicted molar refractivity (Wildman–Crippen MR) is 83.8 cm³/mol. The zero-order chi connectivity index (χ0) is 17.4. The lowest BCUT2D eigenvalue weighted by Crippen LogP contribution is -2.55. The Balaban J connectivity index is 5.01. The lowest BCUT2D eigenvalue weighted by molar-refractivity contribution is -0.146. The van der Waals surface area contributed by atoms with E-state index in [-0.39, 0.29) is 11.8 Å². The minimum Gasteiger partial charge on any atom is -0.467 e. The highest BCUT2D eigenvalue weighted by atomic mass is 16.5. The Hall–Kier alpha value is -1.63. The largest absolute Gasteiger partial charge is 0.467 e. The maximum absolute atomic E-state index is 12.4. The molecule has 0 saturated heterocycles. The van der Waals surface area contributed by atoms with E-state index in [1.807, 2.05) is 13.8 Å². The maximum Gasteiger partial charge on any atom is 0.328 e. The summed E-state index contributed by atoms with van der Waals surface area (Å²) in [6, 6.07) is -2.19. The Morgan fingerprint density at radius 2 is 1.55 bits per heavy atom. The fourth-order valence-electron chi connectivity index (χ4n) is 1.88. The van der Waals surface area contributed by atoms with Crippen molar-refractivity contribution in [3.8, 4) is 0 Å². The Kier molecular flexibility index (Phi) is 8.70. The van der Waals surface area contributed by atoms with Crippen LogP contribution in [0.2, 0.25) is 0 Å². The first-order valence-electron chi connectivity index (χ1n) is 7.54. The molecule has 22 heavy (non-hydrogen) atoms. The topological polar surface area (TPSA) is 111 Å². The van der Waals surface area contributed by atoms with Gasteiger partial charge in [-0.2, -0.15) is 0 Å². The number of hydrogen-bond donors (Lipinski definition) is 3. The first-order chi connectivity index (χ1) is 10.1. The predicted octanol–water partition coefficient (Wildman–Crippen LogP) is 0.178. The third-order valence-electron chi connectivity index (χ3n) is 3.17. The molecule has 0 radical (unpaired) electrons. The number of esters is 1. The number of methoxy groups -OCH3 is 1. The van der Waals surface area contributed by atoms with E-state index < -0.39 is 35.9 Å². The van der Waals surface area contributed by atoms with Gasteiger partial charge in [0.2, 0.25) is 11.8 Å². The third-order valence-corrected chi connectivity index (χ3v) is 3.17. The molecule has 0 aliphatic rings. The van der Waals surface area contributed by atoms with E-state index in [0.717, 1.165) is 0 Å². The van der Waals surface area contributed by atoms with Crippen LogP contribution in [-0.4, -0.2) is 43.0 Å². The van der Waals surface area contributed by atoms with Crippen molar-refractivity contribution in [1.82, 2.24) is 10.6 Å². The Bertz CT molecular complexity index is 394. The average Bonchev–Trinajstić information content (AvgIpc) is 2.41. The van der Waals surface area contributed by atoms with Crippen LogP contribution >= 0.6 is 0 Å². The van der Waals surface area contributed by atoms with Crippen molar-refractivity contribution in [2.24, 2.45) is 17.6 Å². The lowest BCUT2D eigenvalue weighted by atomic mass is 10.00. The molecule has 0 bridgehead atoms. The normalized spacial score (nSPS) is 15.1. The summed E-state index contributed by atoms with van der Waals surface area (Å²) in [5.41, 5.74) is 5.52. The van der Waals surface area contributed by atoms with Crippen LogP contribution in [0.1, 0.15) is 41.0 Å². The first kappa shape index (κ1) is 20.4. The smallest absolute Gasteiger partial charge is 0.328 e. The highest BCUT2D eigenvalue weighted by Crippen LogP contribution is 2.08. The van der Waals surface area contributed by atoms with E-state index >= 15 is 0 Å². The van der Waals surface area contributed by atoms with E-state index in [0.29, 0.717) is 6.42 Å². The highest BCUT2D eigenvalue weighted by Gasteiger charge is 2.30. The first-order valence-corrected chi connectivity index (χ1v) is 7.54. The number of nitrogens with two attached hydrogens (primary N) is 1. The van der Waals surface area contributed by atoms with Gasteiger partial charge in [0.25, 0.3) is 0 Å². The highest BCUT2D eigenvalue weighted by molar-refractivity contribution is 5.91. The van der Waals surface area contributed by atoms with Crippen molar-refractivity contribution in [3.63, 3.8) is 0 Å². The number of amides is 2. The van der Waals surface area contributed by atoms with E-state index in [1.54, 1.807) is 20.8 Å². The summed E-state index contributed by atoms with van der Waals surface area (Å²) in [6.07, 6.45) is 0.455. The van der Waals surface area contributed by atoms with Crippen molar-refractivity contribution in [2.75, 3.05) is 7.11 Å². The molecule has 128 valence electrons. The second-order valence-electron chi connectivity index (χ2n) is 6.23. The number of ether oxygens (including phenoxy) is 1.